The van der Waals surface area contributed by atoms with Gasteiger partial charge in [0.2, 0.25) is 0 Å². The maximum Gasteiger partial charge on any atom is 0.0223 e. The summed E-state index contributed by atoms with van der Waals surface area (Å²) in [7, 11) is 0. The number of piperidine rings is 1. The van der Waals surface area contributed by atoms with E-state index in [9.17, 15) is 0 Å². The fraction of sp³-hybridized carbons (Fsp3) is 1.00. The predicted octanol–water partition coefficient (Wildman–Crippen LogP) is 1.59. The summed E-state index contributed by atoms with van der Waals surface area (Å²) in [6.45, 7) is 11.6. The minimum Gasteiger partial charge on any atom is -0.300 e. The van der Waals surface area contributed by atoms with Gasteiger partial charge < -0.3 is 4.90 Å². The van der Waals surface area contributed by atoms with Gasteiger partial charge in [-0.2, -0.15) is 11.8 Å². The monoisotopic (exact) mass is 283 g/mol. The Morgan fingerprint density at radius 2 is 1.84 bits per heavy atom. The molecule has 110 valence electrons. The number of thioether (sulfide) groups is 1. The van der Waals surface area contributed by atoms with Crippen LogP contribution in [-0.4, -0.2) is 84.1 Å². The van der Waals surface area contributed by atoms with Crippen LogP contribution < -0.4 is 0 Å². The molecule has 0 aliphatic carbocycles. The van der Waals surface area contributed by atoms with Crippen molar-refractivity contribution >= 4 is 11.8 Å². The van der Waals surface area contributed by atoms with Crippen LogP contribution in [0.25, 0.3) is 0 Å². The van der Waals surface area contributed by atoms with Crippen LogP contribution in [0.15, 0.2) is 0 Å². The van der Waals surface area contributed by atoms with Crippen LogP contribution in [0.5, 0.6) is 0 Å². The van der Waals surface area contributed by atoms with Gasteiger partial charge in [-0.1, -0.05) is 6.42 Å². The molecule has 0 N–H and O–H groups in total. The van der Waals surface area contributed by atoms with Gasteiger partial charge in [0.1, 0.15) is 0 Å². The normalized spacial score (nSPS) is 35.2. The van der Waals surface area contributed by atoms with Gasteiger partial charge in [0, 0.05) is 62.9 Å². The Balaban J connectivity index is 1.47. The summed E-state index contributed by atoms with van der Waals surface area (Å²) in [5.41, 5.74) is 0. The highest BCUT2D eigenvalue weighted by atomic mass is 32.2. The summed E-state index contributed by atoms with van der Waals surface area (Å²) in [4.78, 5) is 8.17. The minimum absolute atomic E-state index is 0.758. The standard InChI is InChI=1S/C15H29N3S/c1-14-12-18-5-3-2-4-15(18)13-17(14)7-6-16-8-10-19-11-9-16/h14-15H,2-13H2,1H3. The van der Waals surface area contributed by atoms with E-state index in [-0.39, 0.29) is 0 Å². The van der Waals surface area contributed by atoms with Gasteiger partial charge in [-0.15, -0.1) is 0 Å². The van der Waals surface area contributed by atoms with Gasteiger partial charge in [0.05, 0.1) is 0 Å². The second-order valence-electron chi connectivity index (χ2n) is 6.44. The summed E-state index contributed by atoms with van der Waals surface area (Å²) in [5.74, 6) is 2.68. The quantitative estimate of drug-likeness (QED) is 0.778. The van der Waals surface area contributed by atoms with Crippen molar-refractivity contribution in [3.05, 3.63) is 0 Å². The third kappa shape index (κ3) is 3.66. The molecular formula is C15H29N3S. The van der Waals surface area contributed by atoms with E-state index < -0.39 is 0 Å². The van der Waals surface area contributed by atoms with Crippen LogP contribution in [-0.2, 0) is 0 Å². The Kier molecular flexibility index (Phi) is 5.07. The van der Waals surface area contributed by atoms with Crippen LogP contribution >= 0.6 is 11.8 Å². The first-order valence-electron chi connectivity index (χ1n) is 8.11. The Morgan fingerprint density at radius 3 is 2.68 bits per heavy atom. The molecule has 0 aromatic heterocycles. The third-order valence-corrected chi connectivity index (χ3v) is 6.07. The lowest BCUT2D eigenvalue weighted by molar-refractivity contribution is 0.0114. The summed E-state index contributed by atoms with van der Waals surface area (Å²) in [5, 5.41) is 0. The molecular weight excluding hydrogens is 254 g/mol. The number of piperazine rings is 1. The van der Waals surface area contributed by atoms with Crippen molar-refractivity contribution in [1.29, 1.82) is 0 Å². The van der Waals surface area contributed by atoms with Gasteiger partial charge in [0.15, 0.2) is 0 Å². The molecule has 3 aliphatic heterocycles. The van der Waals surface area contributed by atoms with E-state index in [1.165, 1.54) is 76.6 Å². The molecule has 2 unspecified atom stereocenters. The lowest BCUT2D eigenvalue weighted by atomic mass is 9.97. The van der Waals surface area contributed by atoms with E-state index >= 15 is 0 Å². The second-order valence-corrected chi connectivity index (χ2v) is 7.67. The molecule has 19 heavy (non-hydrogen) atoms. The molecule has 0 bridgehead atoms. The van der Waals surface area contributed by atoms with Gasteiger partial charge in [0.25, 0.3) is 0 Å². The number of hydrogen-bond donors (Lipinski definition) is 0. The lowest BCUT2D eigenvalue weighted by Crippen LogP contribution is -2.59. The van der Waals surface area contributed by atoms with Crippen molar-refractivity contribution < 1.29 is 0 Å². The number of fused-ring (bicyclic) bond motifs is 1. The molecule has 0 spiro atoms. The summed E-state index contributed by atoms with van der Waals surface area (Å²) in [6.07, 6.45) is 4.31. The Morgan fingerprint density at radius 1 is 1.00 bits per heavy atom. The van der Waals surface area contributed by atoms with Crippen molar-refractivity contribution in [3.8, 4) is 0 Å². The molecule has 3 nitrogen and oxygen atoms in total. The molecule has 0 radical (unpaired) electrons. The molecule has 3 rings (SSSR count). The van der Waals surface area contributed by atoms with Crippen molar-refractivity contribution in [2.75, 3.05) is 57.3 Å². The highest BCUT2D eigenvalue weighted by Crippen LogP contribution is 2.23. The molecule has 3 aliphatic rings. The molecule has 3 fully saturated rings. The molecule has 3 heterocycles. The van der Waals surface area contributed by atoms with Crippen LogP contribution in [0.1, 0.15) is 26.2 Å². The van der Waals surface area contributed by atoms with E-state index in [1.807, 2.05) is 0 Å². The predicted molar refractivity (Wildman–Crippen MR) is 84.0 cm³/mol. The van der Waals surface area contributed by atoms with Gasteiger partial charge in [-0.3, -0.25) is 9.80 Å². The third-order valence-electron chi connectivity index (χ3n) is 5.12. The molecule has 0 amide bonds. The van der Waals surface area contributed by atoms with Crippen LogP contribution in [0.2, 0.25) is 0 Å². The van der Waals surface area contributed by atoms with Gasteiger partial charge >= 0.3 is 0 Å². The summed E-state index contributed by atoms with van der Waals surface area (Å²) >= 11 is 2.11. The Bertz CT molecular complexity index is 281. The highest BCUT2D eigenvalue weighted by molar-refractivity contribution is 7.99. The van der Waals surface area contributed by atoms with Crippen LogP contribution in [0.4, 0.5) is 0 Å². The van der Waals surface area contributed by atoms with E-state index in [2.05, 4.69) is 33.4 Å². The van der Waals surface area contributed by atoms with E-state index in [0.717, 1.165) is 12.1 Å². The fourth-order valence-corrected chi connectivity index (χ4v) is 4.80. The molecule has 3 saturated heterocycles. The highest BCUT2D eigenvalue weighted by Gasteiger charge is 2.32. The van der Waals surface area contributed by atoms with Crippen molar-refractivity contribution in [2.24, 2.45) is 0 Å². The minimum atomic E-state index is 0.758. The average Bonchev–Trinajstić information content (AvgIpc) is 2.46. The zero-order chi connectivity index (χ0) is 13.1. The molecule has 0 aromatic rings. The molecule has 4 heteroatoms. The molecule has 2 atom stereocenters. The van der Waals surface area contributed by atoms with Crippen LogP contribution in [0, 0.1) is 0 Å². The van der Waals surface area contributed by atoms with E-state index in [0.29, 0.717) is 0 Å². The Hall–Kier alpha value is 0.230. The largest absolute Gasteiger partial charge is 0.300 e. The van der Waals surface area contributed by atoms with Crippen LogP contribution in [0.3, 0.4) is 0 Å². The first-order chi connectivity index (χ1) is 9.33. The first-order valence-corrected chi connectivity index (χ1v) is 9.26. The fourth-order valence-electron chi connectivity index (χ4n) is 3.82. The molecule has 0 saturated carbocycles. The SMILES string of the molecule is CC1CN2CCCCC2CN1CCN1CCSCC1. The van der Waals surface area contributed by atoms with E-state index in [1.54, 1.807) is 0 Å². The lowest BCUT2D eigenvalue weighted by Gasteiger charge is -2.48. The maximum absolute atomic E-state index is 2.76. The number of nitrogens with zero attached hydrogens (tertiary/aromatic N) is 3. The summed E-state index contributed by atoms with van der Waals surface area (Å²) < 4.78 is 0. The maximum atomic E-state index is 2.76. The topological polar surface area (TPSA) is 9.72 Å². The van der Waals surface area contributed by atoms with E-state index in [4.69, 9.17) is 0 Å². The number of hydrogen-bond acceptors (Lipinski definition) is 4. The smallest absolute Gasteiger partial charge is 0.0223 e. The van der Waals surface area contributed by atoms with Crippen molar-refractivity contribution in [2.45, 2.75) is 38.3 Å². The van der Waals surface area contributed by atoms with Gasteiger partial charge in [-0.05, 0) is 26.3 Å². The molecule has 0 aromatic carbocycles. The zero-order valence-corrected chi connectivity index (χ0v) is 13.2. The average molecular weight is 283 g/mol. The van der Waals surface area contributed by atoms with Crippen molar-refractivity contribution in [3.63, 3.8) is 0 Å². The summed E-state index contributed by atoms with van der Waals surface area (Å²) in [6, 6.07) is 1.62. The first kappa shape index (κ1) is 14.2. The number of rotatable bonds is 3. The van der Waals surface area contributed by atoms with Crippen molar-refractivity contribution in [1.82, 2.24) is 14.7 Å². The Labute approximate surface area is 122 Å². The van der Waals surface area contributed by atoms with Gasteiger partial charge in [-0.25, -0.2) is 0 Å². The zero-order valence-electron chi connectivity index (χ0n) is 12.4. The second kappa shape index (κ2) is 6.79.